The maximum atomic E-state index is 12.3. The van der Waals surface area contributed by atoms with Gasteiger partial charge in [-0.3, -0.25) is 14.4 Å². The van der Waals surface area contributed by atoms with E-state index in [4.69, 9.17) is 27.9 Å². The molecular formula is C21H22Cl2N2O4. The zero-order chi connectivity index (χ0) is 21.4. The molecule has 2 N–H and O–H groups in total. The van der Waals surface area contributed by atoms with E-state index in [1.54, 1.807) is 12.1 Å². The summed E-state index contributed by atoms with van der Waals surface area (Å²) >= 11 is 12.1. The third-order valence-corrected chi connectivity index (χ3v) is 4.79. The summed E-state index contributed by atoms with van der Waals surface area (Å²) in [5.41, 5.74) is 1.79. The number of rotatable bonds is 9. The molecule has 0 atom stereocenters. The van der Waals surface area contributed by atoms with E-state index in [0.29, 0.717) is 5.56 Å². The van der Waals surface area contributed by atoms with Gasteiger partial charge in [0.15, 0.2) is 11.5 Å². The van der Waals surface area contributed by atoms with E-state index in [0.717, 1.165) is 5.56 Å². The van der Waals surface area contributed by atoms with Crippen molar-refractivity contribution in [3.05, 3.63) is 63.1 Å². The molecule has 0 unspecified atom stereocenters. The highest BCUT2D eigenvalue weighted by Gasteiger charge is 2.19. The van der Waals surface area contributed by atoms with Gasteiger partial charge in [0.25, 0.3) is 5.91 Å². The molecule has 0 aliphatic carbocycles. The van der Waals surface area contributed by atoms with Crippen LogP contribution in [0.5, 0.6) is 5.75 Å². The van der Waals surface area contributed by atoms with Crippen LogP contribution in [0.15, 0.2) is 36.4 Å². The quantitative estimate of drug-likeness (QED) is 0.462. The van der Waals surface area contributed by atoms with Gasteiger partial charge in [-0.1, -0.05) is 53.0 Å². The van der Waals surface area contributed by atoms with Gasteiger partial charge in [0.05, 0.1) is 17.2 Å². The highest BCUT2D eigenvalue weighted by atomic mass is 35.5. The summed E-state index contributed by atoms with van der Waals surface area (Å²) in [5, 5.41) is 5.80. The number of hydrogen-bond acceptors (Lipinski definition) is 4. The predicted molar refractivity (Wildman–Crippen MR) is 113 cm³/mol. The average molecular weight is 437 g/mol. The molecule has 2 aromatic carbocycles. The van der Waals surface area contributed by atoms with Crippen molar-refractivity contribution in [1.29, 1.82) is 0 Å². The molecule has 0 heterocycles. The highest BCUT2D eigenvalue weighted by Crippen LogP contribution is 2.33. The Kier molecular flexibility index (Phi) is 8.49. The number of methoxy groups -OCH3 is 1. The molecular weight excluding hydrogens is 415 g/mol. The Balaban J connectivity index is 1.75. The van der Waals surface area contributed by atoms with Crippen LogP contribution in [0.25, 0.3) is 0 Å². The number of Topliss-reactive ketones (excluding diaryl/α,β-unsaturated/α-hetero) is 1. The molecule has 0 fully saturated rings. The van der Waals surface area contributed by atoms with Crippen LogP contribution in [0.1, 0.15) is 39.1 Å². The number of carbonyl (C=O) groups excluding carboxylic acids is 3. The molecule has 2 rings (SSSR count). The lowest BCUT2D eigenvalue weighted by Gasteiger charge is -2.12. The fraction of sp³-hybridized carbons (Fsp3) is 0.286. The number of nitrogens with one attached hydrogen (secondary N) is 2. The summed E-state index contributed by atoms with van der Waals surface area (Å²) in [6.07, 6.45) is 0.200. The van der Waals surface area contributed by atoms with Gasteiger partial charge in [0, 0.05) is 31.5 Å². The van der Waals surface area contributed by atoms with Gasteiger partial charge < -0.3 is 15.4 Å². The summed E-state index contributed by atoms with van der Waals surface area (Å²) in [7, 11) is 1.40. The van der Waals surface area contributed by atoms with Crippen LogP contribution < -0.4 is 15.4 Å². The van der Waals surface area contributed by atoms with E-state index < -0.39 is 5.91 Å². The normalized spacial score (nSPS) is 10.3. The molecule has 0 radical (unpaired) electrons. The summed E-state index contributed by atoms with van der Waals surface area (Å²) in [5.74, 6) is -0.623. The Bertz CT molecular complexity index is 898. The van der Waals surface area contributed by atoms with Crippen molar-refractivity contribution in [3.63, 3.8) is 0 Å². The minimum atomic E-state index is -0.460. The van der Waals surface area contributed by atoms with Crippen molar-refractivity contribution in [1.82, 2.24) is 10.6 Å². The number of aryl methyl sites for hydroxylation is 1. The van der Waals surface area contributed by atoms with Gasteiger partial charge in [0.2, 0.25) is 5.91 Å². The topological polar surface area (TPSA) is 84.5 Å². The van der Waals surface area contributed by atoms with E-state index in [1.807, 2.05) is 19.1 Å². The van der Waals surface area contributed by atoms with Crippen LogP contribution in [0.3, 0.4) is 0 Å². The summed E-state index contributed by atoms with van der Waals surface area (Å²) in [6, 6.07) is 10.3. The van der Waals surface area contributed by atoms with Crippen molar-refractivity contribution >= 4 is 40.8 Å². The molecule has 0 spiro atoms. The Labute approximate surface area is 179 Å². The molecule has 154 valence electrons. The smallest absolute Gasteiger partial charge is 0.256 e. The van der Waals surface area contributed by atoms with Crippen LogP contribution in [0.4, 0.5) is 0 Å². The van der Waals surface area contributed by atoms with Crippen LogP contribution in [-0.4, -0.2) is 37.8 Å². The minimum absolute atomic E-state index is 0.0780. The van der Waals surface area contributed by atoms with E-state index in [-0.39, 0.29) is 59.0 Å². The van der Waals surface area contributed by atoms with Crippen LogP contribution >= 0.6 is 23.2 Å². The number of carbonyl (C=O) groups is 3. The summed E-state index contributed by atoms with van der Waals surface area (Å²) in [6.45, 7) is 2.34. The van der Waals surface area contributed by atoms with Gasteiger partial charge in [-0.05, 0) is 19.1 Å². The number of amides is 2. The van der Waals surface area contributed by atoms with E-state index >= 15 is 0 Å². The third-order valence-electron chi connectivity index (χ3n) is 4.18. The van der Waals surface area contributed by atoms with Crippen molar-refractivity contribution < 1.29 is 19.1 Å². The second kappa shape index (κ2) is 10.8. The molecule has 0 aliphatic rings. The zero-order valence-corrected chi connectivity index (χ0v) is 17.7. The van der Waals surface area contributed by atoms with Crippen molar-refractivity contribution in [2.75, 3.05) is 20.2 Å². The maximum absolute atomic E-state index is 12.3. The average Bonchev–Trinajstić information content (AvgIpc) is 2.71. The largest absolute Gasteiger partial charge is 0.494 e. The zero-order valence-electron chi connectivity index (χ0n) is 16.2. The Morgan fingerprint density at radius 1 is 0.897 bits per heavy atom. The molecule has 0 aromatic heterocycles. The van der Waals surface area contributed by atoms with Gasteiger partial charge in [-0.25, -0.2) is 0 Å². The molecule has 0 aliphatic heterocycles. The Hall–Kier alpha value is -2.57. The minimum Gasteiger partial charge on any atom is -0.494 e. The van der Waals surface area contributed by atoms with Gasteiger partial charge >= 0.3 is 0 Å². The SMILES string of the molecule is COc1c(Cl)ccc(Cl)c1C(=O)NCCNC(=O)CCC(=O)c1ccc(C)cc1. The van der Waals surface area contributed by atoms with Crippen LogP contribution in [0, 0.1) is 6.92 Å². The lowest BCUT2D eigenvalue weighted by Crippen LogP contribution is -2.35. The van der Waals surface area contributed by atoms with Gasteiger partial charge in [-0.15, -0.1) is 0 Å². The first kappa shape index (κ1) is 22.7. The molecule has 8 heteroatoms. The number of ether oxygens (including phenoxy) is 1. The van der Waals surface area contributed by atoms with Crippen molar-refractivity contribution in [2.45, 2.75) is 19.8 Å². The first-order chi connectivity index (χ1) is 13.8. The number of benzene rings is 2. The Morgan fingerprint density at radius 2 is 1.52 bits per heavy atom. The van der Waals surface area contributed by atoms with Gasteiger partial charge in [0.1, 0.15) is 5.56 Å². The Morgan fingerprint density at radius 3 is 2.17 bits per heavy atom. The number of hydrogen-bond donors (Lipinski definition) is 2. The third kappa shape index (κ3) is 6.48. The molecule has 2 amide bonds. The molecule has 0 saturated heterocycles. The van der Waals surface area contributed by atoms with Gasteiger partial charge in [-0.2, -0.15) is 0 Å². The van der Waals surface area contributed by atoms with Crippen LogP contribution in [-0.2, 0) is 4.79 Å². The summed E-state index contributed by atoms with van der Waals surface area (Å²) in [4.78, 5) is 36.3. The fourth-order valence-corrected chi connectivity index (χ4v) is 3.08. The van der Waals surface area contributed by atoms with Crippen molar-refractivity contribution in [2.24, 2.45) is 0 Å². The molecule has 29 heavy (non-hydrogen) atoms. The second-order valence-electron chi connectivity index (χ2n) is 6.33. The van der Waals surface area contributed by atoms with Crippen molar-refractivity contribution in [3.8, 4) is 5.75 Å². The van der Waals surface area contributed by atoms with E-state index in [2.05, 4.69) is 10.6 Å². The molecule has 6 nitrogen and oxygen atoms in total. The molecule has 0 saturated carbocycles. The second-order valence-corrected chi connectivity index (χ2v) is 7.15. The number of halogens is 2. The predicted octanol–water partition coefficient (Wildman–Crippen LogP) is 3.82. The lowest BCUT2D eigenvalue weighted by atomic mass is 10.1. The monoisotopic (exact) mass is 436 g/mol. The first-order valence-corrected chi connectivity index (χ1v) is 9.75. The number of ketones is 1. The lowest BCUT2D eigenvalue weighted by molar-refractivity contribution is -0.121. The molecule has 0 bridgehead atoms. The molecule has 2 aromatic rings. The first-order valence-electron chi connectivity index (χ1n) is 9.00. The van der Waals surface area contributed by atoms with Crippen LogP contribution in [0.2, 0.25) is 10.0 Å². The standard InChI is InChI=1S/C21H22Cl2N2O4/c1-13-3-5-14(6-4-13)17(26)9-10-18(27)24-11-12-25-21(28)19-15(22)7-8-16(23)20(19)29-2/h3-8H,9-12H2,1-2H3,(H,24,27)(H,25,28). The fourth-order valence-electron chi connectivity index (χ4n) is 2.61. The summed E-state index contributed by atoms with van der Waals surface area (Å²) < 4.78 is 5.14. The van der Waals surface area contributed by atoms with E-state index in [9.17, 15) is 14.4 Å². The van der Waals surface area contributed by atoms with E-state index in [1.165, 1.54) is 19.2 Å². The highest BCUT2D eigenvalue weighted by molar-refractivity contribution is 6.37. The maximum Gasteiger partial charge on any atom is 0.256 e.